The number of nitrogens with zero attached hydrogens (tertiary/aromatic N) is 3. The Morgan fingerprint density at radius 2 is 1.63 bits per heavy atom. The van der Waals surface area contributed by atoms with Crippen LogP contribution in [0.1, 0.15) is 20.3 Å². The lowest BCUT2D eigenvalue weighted by Crippen LogP contribution is -2.39. The van der Waals surface area contributed by atoms with Crippen LogP contribution < -0.4 is 14.4 Å². The molecule has 0 aliphatic heterocycles. The highest BCUT2D eigenvalue weighted by atomic mass is 35.5. The van der Waals surface area contributed by atoms with Crippen LogP contribution in [0.5, 0.6) is 11.5 Å². The summed E-state index contributed by atoms with van der Waals surface area (Å²) in [5.74, 6) is 0.607. The Kier molecular flexibility index (Phi) is 10.8. The number of sulfone groups is 1. The predicted molar refractivity (Wildman–Crippen MR) is 143 cm³/mol. The first kappa shape index (κ1) is 28.8. The van der Waals surface area contributed by atoms with Gasteiger partial charge in [-0.2, -0.15) is 0 Å². The molecule has 0 aliphatic rings. The molecule has 1 amide bonds. The summed E-state index contributed by atoms with van der Waals surface area (Å²) in [5.41, 5.74) is 0.690. The van der Waals surface area contributed by atoms with Crippen LogP contribution in [0.4, 0.5) is 5.13 Å². The second kappa shape index (κ2) is 13.1. The van der Waals surface area contributed by atoms with Gasteiger partial charge in [0, 0.05) is 31.6 Å². The number of hydrogen-bond donors (Lipinski definition) is 0. The van der Waals surface area contributed by atoms with Crippen LogP contribution >= 0.6 is 23.7 Å². The lowest BCUT2D eigenvalue weighted by atomic mass is 10.3. The van der Waals surface area contributed by atoms with Gasteiger partial charge in [0.25, 0.3) is 0 Å². The molecular weight excluding hydrogens is 510 g/mol. The minimum Gasteiger partial charge on any atom is -0.493 e. The van der Waals surface area contributed by atoms with Gasteiger partial charge in [-0.05, 0) is 25.2 Å². The molecule has 0 atom stereocenters. The third kappa shape index (κ3) is 7.07. The molecule has 1 aromatic heterocycles. The van der Waals surface area contributed by atoms with Gasteiger partial charge in [-0.25, -0.2) is 13.4 Å². The van der Waals surface area contributed by atoms with E-state index in [9.17, 15) is 13.2 Å². The van der Waals surface area contributed by atoms with Crippen molar-refractivity contribution in [1.82, 2.24) is 9.88 Å². The predicted octanol–water partition coefficient (Wildman–Crippen LogP) is 4.27. The lowest BCUT2D eigenvalue weighted by molar-refractivity contribution is -0.118. The molecule has 0 saturated heterocycles. The third-order valence-electron chi connectivity index (χ3n) is 5.64. The number of rotatable bonds is 12. The van der Waals surface area contributed by atoms with Gasteiger partial charge in [-0.15, -0.1) is 12.4 Å². The standard InChI is InChI=1S/C24H31N3O5S2.ClH/c1-5-26(6-2)13-14-27(23(28)12-15-34(29,30)18-10-8-7-9-11-18)24-25-19-16-20(31-3)21(32-4)17-22(19)33-24;/h7-11,16-17H,5-6,12-15H2,1-4H3;1H. The second-order valence-electron chi connectivity index (χ2n) is 7.63. The van der Waals surface area contributed by atoms with E-state index in [1.54, 1.807) is 55.5 Å². The number of hydrogen-bond acceptors (Lipinski definition) is 8. The molecule has 0 saturated carbocycles. The fourth-order valence-electron chi connectivity index (χ4n) is 3.57. The van der Waals surface area contributed by atoms with E-state index >= 15 is 0 Å². The molecule has 8 nitrogen and oxygen atoms in total. The Balaban J connectivity index is 0.00000432. The van der Waals surface area contributed by atoms with Crippen LogP contribution in [-0.4, -0.2) is 70.4 Å². The van der Waals surface area contributed by atoms with Gasteiger partial charge in [0.05, 0.1) is 35.1 Å². The zero-order valence-corrected chi connectivity index (χ0v) is 22.8. The zero-order valence-electron chi connectivity index (χ0n) is 20.4. The van der Waals surface area contributed by atoms with E-state index in [2.05, 4.69) is 23.7 Å². The number of amides is 1. The highest BCUT2D eigenvalue weighted by Crippen LogP contribution is 2.37. The number of methoxy groups -OCH3 is 2. The molecule has 11 heteroatoms. The van der Waals surface area contributed by atoms with Crippen LogP contribution in [-0.2, 0) is 14.6 Å². The maximum Gasteiger partial charge on any atom is 0.229 e. The maximum atomic E-state index is 13.3. The SMILES string of the molecule is CCN(CC)CCN(C(=O)CCS(=O)(=O)c1ccccc1)c1nc2cc(OC)c(OC)cc2s1.Cl. The van der Waals surface area contributed by atoms with Gasteiger partial charge in [0.2, 0.25) is 5.91 Å². The molecule has 2 aromatic carbocycles. The summed E-state index contributed by atoms with van der Waals surface area (Å²) < 4.78 is 37.0. The molecule has 192 valence electrons. The summed E-state index contributed by atoms with van der Waals surface area (Å²) in [4.78, 5) is 22.0. The number of fused-ring (bicyclic) bond motifs is 1. The van der Waals surface area contributed by atoms with E-state index in [-0.39, 0.29) is 35.4 Å². The van der Waals surface area contributed by atoms with Crippen LogP contribution in [0.2, 0.25) is 0 Å². The van der Waals surface area contributed by atoms with E-state index in [0.717, 1.165) is 17.8 Å². The molecule has 0 spiro atoms. The molecular formula is C24H32ClN3O5S2. The molecule has 0 radical (unpaired) electrons. The molecule has 3 rings (SSSR count). The summed E-state index contributed by atoms with van der Waals surface area (Å²) >= 11 is 1.37. The van der Waals surface area contributed by atoms with Crippen molar-refractivity contribution >= 4 is 54.8 Å². The molecule has 1 heterocycles. The Bertz CT molecular complexity index is 1170. The summed E-state index contributed by atoms with van der Waals surface area (Å²) in [6, 6.07) is 11.8. The third-order valence-corrected chi connectivity index (χ3v) is 8.41. The van der Waals surface area contributed by atoms with Crippen molar-refractivity contribution in [1.29, 1.82) is 0 Å². The van der Waals surface area contributed by atoms with Crippen molar-refractivity contribution in [3.63, 3.8) is 0 Å². The molecule has 0 N–H and O–H groups in total. The van der Waals surface area contributed by atoms with Crippen LogP contribution in [0, 0.1) is 0 Å². The summed E-state index contributed by atoms with van der Waals surface area (Å²) in [6.45, 7) is 6.92. The van der Waals surface area contributed by atoms with Crippen LogP contribution in [0.15, 0.2) is 47.4 Å². The van der Waals surface area contributed by atoms with Gasteiger partial charge >= 0.3 is 0 Å². The van der Waals surface area contributed by atoms with E-state index < -0.39 is 9.84 Å². The Hall–Kier alpha value is -2.40. The fourth-order valence-corrected chi connectivity index (χ4v) is 5.84. The number of ether oxygens (including phenoxy) is 2. The number of anilines is 1. The van der Waals surface area contributed by atoms with E-state index in [0.29, 0.717) is 35.2 Å². The lowest BCUT2D eigenvalue weighted by Gasteiger charge is -2.24. The fraction of sp³-hybridized carbons (Fsp3) is 0.417. The molecule has 0 aliphatic carbocycles. The normalized spacial score (nSPS) is 11.3. The average molecular weight is 542 g/mol. The van der Waals surface area contributed by atoms with Crippen LogP contribution in [0.3, 0.4) is 0 Å². The first-order valence-electron chi connectivity index (χ1n) is 11.2. The number of benzene rings is 2. The van der Waals surface area contributed by atoms with Crippen molar-refractivity contribution in [3.8, 4) is 11.5 Å². The van der Waals surface area contributed by atoms with E-state index in [4.69, 9.17) is 9.47 Å². The summed E-state index contributed by atoms with van der Waals surface area (Å²) in [5, 5.41) is 0.527. The maximum absolute atomic E-state index is 13.3. The minimum atomic E-state index is -3.56. The summed E-state index contributed by atoms with van der Waals surface area (Å²) in [6.07, 6.45) is -0.127. The van der Waals surface area contributed by atoms with Crippen molar-refractivity contribution in [2.45, 2.75) is 25.2 Å². The summed E-state index contributed by atoms with van der Waals surface area (Å²) in [7, 11) is -0.435. The highest BCUT2D eigenvalue weighted by molar-refractivity contribution is 7.91. The zero-order chi connectivity index (χ0) is 24.7. The molecule has 0 bridgehead atoms. The largest absolute Gasteiger partial charge is 0.493 e. The van der Waals surface area contributed by atoms with Gasteiger partial charge in [-0.1, -0.05) is 43.4 Å². The molecule has 0 unspecified atom stereocenters. The number of halogens is 1. The number of carbonyl (C=O) groups excluding carboxylic acids is 1. The Morgan fingerprint density at radius 1 is 1.00 bits per heavy atom. The monoisotopic (exact) mass is 541 g/mol. The van der Waals surface area contributed by atoms with Crippen molar-refractivity contribution in [2.75, 3.05) is 51.1 Å². The number of carbonyl (C=O) groups is 1. The number of aromatic nitrogens is 1. The first-order valence-corrected chi connectivity index (χ1v) is 13.6. The van der Waals surface area contributed by atoms with Gasteiger partial charge in [0.15, 0.2) is 26.5 Å². The quantitative estimate of drug-likeness (QED) is 0.338. The van der Waals surface area contributed by atoms with Crippen molar-refractivity contribution in [2.24, 2.45) is 0 Å². The molecule has 3 aromatic rings. The first-order chi connectivity index (χ1) is 16.3. The second-order valence-corrected chi connectivity index (χ2v) is 10.7. The Labute approximate surface area is 217 Å². The van der Waals surface area contributed by atoms with E-state index in [1.165, 1.54) is 11.3 Å². The van der Waals surface area contributed by atoms with Crippen molar-refractivity contribution in [3.05, 3.63) is 42.5 Å². The smallest absolute Gasteiger partial charge is 0.229 e. The Morgan fingerprint density at radius 3 is 2.23 bits per heavy atom. The molecule has 0 fully saturated rings. The van der Waals surface area contributed by atoms with Gasteiger partial charge < -0.3 is 14.4 Å². The molecule has 35 heavy (non-hydrogen) atoms. The average Bonchev–Trinajstić information content (AvgIpc) is 3.27. The topological polar surface area (TPSA) is 89.0 Å². The number of likely N-dealkylation sites (N-methyl/N-ethyl adjacent to an activating group) is 1. The number of thiazole rings is 1. The van der Waals surface area contributed by atoms with Crippen molar-refractivity contribution < 1.29 is 22.7 Å². The van der Waals surface area contributed by atoms with Crippen LogP contribution in [0.25, 0.3) is 10.2 Å². The van der Waals surface area contributed by atoms with E-state index in [1.807, 2.05) is 6.07 Å². The van der Waals surface area contributed by atoms with Gasteiger partial charge in [-0.3, -0.25) is 9.69 Å². The highest BCUT2D eigenvalue weighted by Gasteiger charge is 2.24. The van der Waals surface area contributed by atoms with Gasteiger partial charge in [0.1, 0.15) is 0 Å². The minimum absolute atomic E-state index is 0.